The van der Waals surface area contributed by atoms with E-state index in [1.54, 1.807) is 7.11 Å². The van der Waals surface area contributed by atoms with Crippen LogP contribution in [0.4, 0.5) is 0 Å². The van der Waals surface area contributed by atoms with E-state index in [4.69, 9.17) is 4.74 Å². The third-order valence-corrected chi connectivity index (χ3v) is 3.81. The summed E-state index contributed by atoms with van der Waals surface area (Å²) < 4.78 is 5.41. The first-order chi connectivity index (χ1) is 11.3. The second kappa shape index (κ2) is 5.57. The number of methoxy groups -OCH3 is 1. The summed E-state index contributed by atoms with van der Waals surface area (Å²) in [6.07, 6.45) is 1.86. The third kappa shape index (κ3) is 2.44. The Labute approximate surface area is 133 Å². The van der Waals surface area contributed by atoms with E-state index in [9.17, 15) is 0 Å². The lowest BCUT2D eigenvalue weighted by Crippen LogP contribution is -1.88. The first-order valence-electron chi connectivity index (χ1n) is 7.40. The molecule has 1 N–H and O–H groups in total. The smallest absolute Gasteiger partial charge is 0.157 e. The number of H-pyrrole nitrogens is 1. The van der Waals surface area contributed by atoms with Gasteiger partial charge in [0.25, 0.3) is 0 Å². The molecule has 2 aromatic carbocycles. The maximum absolute atomic E-state index is 5.41. The number of nitrogens with zero attached hydrogens (tertiary/aromatic N) is 2. The topological polar surface area (TPSA) is 50.8 Å². The van der Waals surface area contributed by atoms with Crippen LogP contribution in [0.2, 0.25) is 0 Å². The summed E-state index contributed by atoms with van der Waals surface area (Å²) in [6.45, 7) is 0. The number of imidazole rings is 1. The van der Waals surface area contributed by atoms with Crippen molar-refractivity contribution in [3.63, 3.8) is 0 Å². The van der Waals surface area contributed by atoms with Gasteiger partial charge in [-0.15, -0.1) is 0 Å². The van der Waals surface area contributed by atoms with Gasteiger partial charge in [0, 0.05) is 11.8 Å². The second-order valence-electron chi connectivity index (χ2n) is 5.24. The van der Waals surface area contributed by atoms with E-state index in [1.165, 1.54) is 0 Å². The Morgan fingerprint density at radius 1 is 0.913 bits per heavy atom. The molecule has 2 aromatic heterocycles. The number of ether oxygens (including phenoxy) is 1. The molecule has 0 radical (unpaired) electrons. The molecule has 0 saturated carbocycles. The van der Waals surface area contributed by atoms with E-state index in [0.717, 1.165) is 39.4 Å². The molecule has 0 spiro atoms. The van der Waals surface area contributed by atoms with Crippen LogP contribution in [0.25, 0.3) is 33.7 Å². The van der Waals surface area contributed by atoms with Gasteiger partial charge in [-0.2, -0.15) is 0 Å². The lowest BCUT2D eigenvalue weighted by Gasteiger charge is -2.04. The summed E-state index contributed by atoms with van der Waals surface area (Å²) in [5.41, 5.74) is 4.71. The summed E-state index contributed by atoms with van der Waals surface area (Å²) >= 11 is 0. The minimum atomic E-state index is 0.759. The van der Waals surface area contributed by atoms with Crippen molar-refractivity contribution in [3.8, 4) is 28.3 Å². The fourth-order valence-corrected chi connectivity index (χ4v) is 2.65. The van der Waals surface area contributed by atoms with Gasteiger partial charge in [0.05, 0.1) is 12.7 Å². The van der Waals surface area contributed by atoms with E-state index in [2.05, 4.69) is 27.1 Å². The van der Waals surface area contributed by atoms with Crippen LogP contribution in [0.5, 0.6) is 5.75 Å². The largest absolute Gasteiger partial charge is 0.496 e. The molecular formula is C19H15N3O. The highest BCUT2D eigenvalue weighted by Gasteiger charge is 2.11. The molecule has 0 fully saturated rings. The predicted molar refractivity (Wildman–Crippen MR) is 91.3 cm³/mol. The Morgan fingerprint density at radius 2 is 1.70 bits per heavy atom. The molecule has 0 bridgehead atoms. The SMILES string of the molecule is COc1ccccc1-c1nc2cc(-c3ccccc3)cnc2[nH]1. The van der Waals surface area contributed by atoms with E-state index >= 15 is 0 Å². The Bertz CT molecular complexity index is 961. The molecule has 0 unspecified atom stereocenters. The highest BCUT2D eigenvalue weighted by Crippen LogP contribution is 2.29. The van der Waals surface area contributed by atoms with Crippen molar-refractivity contribution in [3.05, 3.63) is 66.9 Å². The normalized spacial score (nSPS) is 10.8. The first-order valence-corrected chi connectivity index (χ1v) is 7.40. The molecule has 0 aliphatic heterocycles. The van der Waals surface area contributed by atoms with Crippen LogP contribution in [0.1, 0.15) is 0 Å². The van der Waals surface area contributed by atoms with Crippen LogP contribution in [-0.2, 0) is 0 Å². The van der Waals surface area contributed by atoms with Crippen LogP contribution in [0.3, 0.4) is 0 Å². The van der Waals surface area contributed by atoms with Gasteiger partial charge in [0.15, 0.2) is 5.65 Å². The molecule has 112 valence electrons. The van der Waals surface area contributed by atoms with E-state index in [1.807, 2.05) is 54.7 Å². The number of rotatable bonds is 3. The number of pyridine rings is 1. The van der Waals surface area contributed by atoms with Gasteiger partial charge in [-0.3, -0.25) is 0 Å². The van der Waals surface area contributed by atoms with Crippen LogP contribution in [-0.4, -0.2) is 22.1 Å². The number of fused-ring (bicyclic) bond motifs is 1. The number of para-hydroxylation sites is 1. The van der Waals surface area contributed by atoms with Gasteiger partial charge < -0.3 is 9.72 Å². The van der Waals surface area contributed by atoms with Crippen molar-refractivity contribution in [1.29, 1.82) is 0 Å². The molecule has 0 amide bonds. The summed E-state index contributed by atoms with van der Waals surface area (Å²) in [6, 6.07) is 20.0. The fourth-order valence-electron chi connectivity index (χ4n) is 2.65. The molecule has 2 heterocycles. The first kappa shape index (κ1) is 13.5. The zero-order chi connectivity index (χ0) is 15.6. The Balaban J connectivity index is 1.83. The molecule has 0 aliphatic rings. The lowest BCUT2D eigenvalue weighted by atomic mass is 10.1. The number of benzene rings is 2. The van der Waals surface area contributed by atoms with Crippen molar-refractivity contribution in [2.45, 2.75) is 0 Å². The summed E-state index contributed by atoms with van der Waals surface area (Å²) in [4.78, 5) is 12.4. The zero-order valence-electron chi connectivity index (χ0n) is 12.7. The Morgan fingerprint density at radius 3 is 2.52 bits per heavy atom. The van der Waals surface area contributed by atoms with Crippen molar-refractivity contribution < 1.29 is 4.74 Å². The van der Waals surface area contributed by atoms with Gasteiger partial charge in [0.2, 0.25) is 0 Å². The molecule has 4 rings (SSSR count). The van der Waals surface area contributed by atoms with Gasteiger partial charge in [-0.05, 0) is 23.8 Å². The molecule has 0 atom stereocenters. The fraction of sp³-hybridized carbons (Fsp3) is 0.0526. The molecule has 4 aromatic rings. The molecular weight excluding hydrogens is 286 g/mol. The van der Waals surface area contributed by atoms with Crippen LogP contribution in [0, 0.1) is 0 Å². The van der Waals surface area contributed by atoms with Crippen molar-refractivity contribution in [2.75, 3.05) is 7.11 Å². The minimum absolute atomic E-state index is 0.759. The van der Waals surface area contributed by atoms with Gasteiger partial charge in [-0.1, -0.05) is 42.5 Å². The average molecular weight is 301 g/mol. The van der Waals surface area contributed by atoms with Gasteiger partial charge >= 0.3 is 0 Å². The van der Waals surface area contributed by atoms with Crippen LogP contribution in [0.15, 0.2) is 66.9 Å². The minimum Gasteiger partial charge on any atom is -0.496 e. The standard InChI is InChI=1S/C19H15N3O/c1-23-17-10-6-5-9-15(17)18-21-16-11-14(12-20-19(16)22-18)13-7-3-2-4-8-13/h2-12H,1H3,(H,20,21,22). The number of aromatic nitrogens is 3. The Kier molecular flexibility index (Phi) is 3.27. The number of aromatic amines is 1. The Hall–Kier alpha value is -3.14. The zero-order valence-corrected chi connectivity index (χ0v) is 12.7. The van der Waals surface area contributed by atoms with Crippen molar-refractivity contribution >= 4 is 11.2 Å². The highest BCUT2D eigenvalue weighted by molar-refractivity contribution is 5.81. The summed E-state index contributed by atoms with van der Waals surface area (Å²) in [7, 11) is 1.66. The quantitative estimate of drug-likeness (QED) is 0.614. The molecule has 23 heavy (non-hydrogen) atoms. The van der Waals surface area contributed by atoms with E-state index in [-0.39, 0.29) is 0 Å². The predicted octanol–water partition coefficient (Wildman–Crippen LogP) is 4.30. The molecule has 4 heteroatoms. The number of hydrogen-bond donors (Lipinski definition) is 1. The molecule has 0 saturated heterocycles. The number of hydrogen-bond acceptors (Lipinski definition) is 3. The van der Waals surface area contributed by atoms with Gasteiger partial charge in [0.1, 0.15) is 17.1 Å². The monoisotopic (exact) mass is 301 g/mol. The lowest BCUT2D eigenvalue weighted by molar-refractivity contribution is 0.416. The summed E-state index contributed by atoms with van der Waals surface area (Å²) in [5.74, 6) is 1.55. The van der Waals surface area contributed by atoms with E-state index < -0.39 is 0 Å². The third-order valence-electron chi connectivity index (χ3n) is 3.81. The maximum Gasteiger partial charge on any atom is 0.157 e. The number of nitrogens with one attached hydrogen (secondary N) is 1. The second-order valence-corrected chi connectivity index (χ2v) is 5.24. The summed E-state index contributed by atoms with van der Waals surface area (Å²) in [5, 5.41) is 0. The van der Waals surface area contributed by atoms with E-state index in [0.29, 0.717) is 0 Å². The van der Waals surface area contributed by atoms with Crippen molar-refractivity contribution in [1.82, 2.24) is 15.0 Å². The van der Waals surface area contributed by atoms with Gasteiger partial charge in [-0.25, -0.2) is 9.97 Å². The maximum atomic E-state index is 5.41. The molecule has 4 nitrogen and oxygen atoms in total. The van der Waals surface area contributed by atoms with Crippen LogP contribution < -0.4 is 4.74 Å². The molecule has 0 aliphatic carbocycles. The van der Waals surface area contributed by atoms with Crippen LogP contribution >= 0.6 is 0 Å². The average Bonchev–Trinajstić information content (AvgIpc) is 3.05. The van der Waals surface area contributed by atoms with Crippen molar-refractivity contribution in [2.24, 2.45) is 0 Å². The highest BCUT2D eigenvalue weighted by atomic mass is 16.5.